The molecule has 64 heavy (non-hydrogen) atoms. The van der Waals surface area contributed by atoms with Crippen LogP contribution in [-0.2, 0) is 44.7 Å². The van der Waals surface area contributed by atoms with Crippen molar-refractivity contribution in [2.45, 2.75) is 126 Å². The highest BCUT2D eigenvalue weighted by atomic mass is 32.2. The predicted molar refractivity (Wildman–Crippen MR) is 235 cm³/mol. The number of fused-ring (bicyclic) bond motifs is 7. The maximum atomic E-state index is 14.0. The van der Waals surface area contributed by atoms with Crippen LogP contribution in [0.4, 0.5) is 0 Å². The summed E-state index contributed by atoms with van der Waals surface area (Å²) < 4.78 is 13.4. The molecule has 348 valence electrons. The number of Topliss-reactive ketones (excluding diaryl/α,β-unsaturated/α-hetero) is 1. The third-order valence-corrected chi connectivity index (χ3v) is 17.1. The van der Waals surface area contributed by atoms with Crippen molar-refractivity contribution < 1.29 is 53.6 Å². The summed E-state index contributed by atoms with van der Waals surface area (Å²) >= 11 is 1.05. The molecular formula is C47H63N5O11S. The number of nitrogens with two attached hydrogens (primary N) is 2. The fraction of sp³-hybridized carbons (Fsp3) is 0.660. The van der Waals surface area contributed by atoms with Gasteiger partial charge in [-0.15, -0.1) is 11.8 Å². The Kier molecular flexibility index (Phi) is 12.9. The summed E-state index contributed by atoms with van der Waals surface area (Å²) in [5.74, 6) is -2.89. The molecule has 6 saturated carbocycles. The summed E-state index contributed by atoms with van der Waals surface area (Å²) in [6.07, 6.45) is 10.5. The number of ketones is 2. The number of carbonyl (C=O) groups is 6. The largest absolute Gasteiger partial charge is 0.480 e. The number of ether oxygens (including phenoxy) is 2. The van der Waals surface area contributed by atoms with E-state index in [0.717, 1.165) is 67.0 Å². The lowest BCUT2D eigenvalue weighted by Gasteiger charge is -2.71. The van der Waals surface area contributed by atoms with Gasteiger partial charge < -0.3 is 52.2 Å². The Morgan fingerprint density at radius 2 is 1.78 bits per heavy atom. The Balaban J connectivity index is 0.851. The van der Waals surface area contributed by atoms with Crippen LogP contribution in [0.15, 0.2) is 48.1 Å². The summed E-state index contributed by atoms with van der Waals surface area (Å²) in [5.41, 5.74) is 11.1. The van der Waals surface area contributed by atoms with E-state index in [1.54, 1.807) is 12.2 Å². The van der Waals surface area contributed by atoms with E-state index in [1.807, 2.05) is 37.3 Å². The van der Waals surface area contributed by atoms with E-state index in [9.17, 15) is 39.0 Å². The van der Waals surface area contributed by atoms with Crippen LogP contribution in [0.25, 0.3) is 0 Å². The summed E-state index contributed by atoms with van der Waals surface area (Å²) in [6.45, 7) is 3.57. The molecule has 16 nitrogen and oxygen atoms in total. The number of hydrogen-bond acceptors (Lipinski definition) is 13. The molecule has 0 aromatic heterocycles. The molecule has 1 aromatic rings. The van der Waals surface area contributed by atoms with Gasteiger partial charge in [0.15, 0.2) is 23.5 Å². The van der Waals surface area contributed by atoms with E-state index < -0.39 is 77.2 Å². The molecule has 1 heterocycles. The van der Waals surface area contributed by atoms with Gasteiger partial charge in [-0.25, -0.2) is 0 Å². The lowest BCUT2D eigenvalue weighted by Crippen LogP contribution is -2.76. The first-order valence-corrected chi connectivity index (χ1v) is 23.9. The van der Waals surface area contributed by atoms with E-state index in [2.05, 4.69) is 22.9 Å². The van der Waals surface area contributed by atoms with Gasteiger partial charge in [-0.3, -0.25) is 28.8 Å². The van der Waals surface area contributed by atoms with Gasteiger partial charge in [-0.1, -0.05) is 49.8 Å². The van der Waals surface area contributed by atoms with E-state index in [-0.39, 0.29) is 58.4 Å². The SMILES string of the molecule is C[C@]12C=CC(=O)C=C1CC[C@@H]1[C@@H]2[C@@H](O)C[C@@]2(C)[C@H]1C[C@H]1O[C@@H](c3ccc(CC45CC(NC(=O)[C@H](CCCCN)NC(=O)CNC(=O)CSC[C@H](N)C(=O)O)(C4)C5)cc3)O[C@]12C(=O)CO. The van der Waals surface area contributed by atoms with Gasteiger partial charge >= 0.3 is 5.97 Å². The van der Waals surface area contributed by atoms with Gasteiger partial charge in [0.1, 0.15) is 18.7 Å². The molecule has 1 aliphatic heterocycles. The maximum Gasteiger partial charge on any atom is 0.321 e. The molecule has 8 aliphatic rings. The van der Waals surface area contributed by atoms with Gasteiger partial charge in [-0.2, -0.15) is 0 Å². The number of carbonyl (C=O) groups excluding carboxylic acids is 5. The third-order valence-electron chi connectivity index (χ3n) is 16.0. The summed E-state index contributed by atoms with van der Waals surface area (Å²) in [4.78, 5) is 75.7. The van der Waals surface area contributed by atoms with Crippen LogP contribution >= 0.6 is 11.8 Å². The first-order chi connectivity index (χ1) is 30.4. The summed E-state index contributed by atoms with van der Waals surface area (Å²) in [7, 11) is 0. The lowest BCUT2D eigenvalue weighted by molar-refractivity contribution is -0.201. The minimum atomic E-state index is -1.43. The van der Waals surface area contributed by atoms with Gasteiger partial charge in [0, 0.05) is 33.6 Å². The quantitative estimate of drug-likeness (QED) is 0.0920. The van der Waals surface area contributed by atoms with Crippen LogP contribution in [0.3, 0.4) is 0 Å². The zero-order chi connectivity index (χ0) is 45.8. The monoisotopic (exact) mass is 905 g/mol. The number of amides is 3. The second kappa shape index (κ2) is 17.7. The summed E-state index contributed by atoms with van der Waals surface area (Å²) in [6, 6.07) is 6.13. The Morgan fingerprint density at radius 3 is 2.47 bits per heavy atom. The molecule has 1 aromatic carbocycles. The van der Waals surface area contributed by atoms with Crippen LogP contribution in [0.2, 0.25) is 0 Å². The molecule has 3 amide bonds. The number of allylic oxidation sites excluding steroid dienone is 4. The van der Waals surface area contributed by atoms with Crippen molar-refractivity contribution in [2.75, 3.05) is 31.2 Å². The molecule has 2 bridgehead atoms. The van der Waals surface area contributed by atoms with Crippen molar-refractivity contribution in [3.63, 3.8) is 0 Å². The Labute approximate surface area is 377 Å². The van der Waals surface area contributed by atoms with Gasteiger partial charge in [0.25, 0.3) is 0 Å². The minimum Gasteiger partial charge on any atom is -0.480 e. The predicted octanol–water partition coefficient (Wildman–Crippen LogP) is 1.75. The number of unbranched alkanes of at least 4 members (excludes halogenated alkanes) is 1. The maximum absolute atomic E-state index is 14.0. The van der Waals surface area contributed by atoms with Crippen molar-refractivity contribution >= 4 is 47.0 Å². The van der Waals surface area contributed by atoms with Crippen molar-refractivity contribution in [3.8, 4) is 0 Å². The second-order valence-electron chi connectivity index (χ2n) is 20.2. The van der Waals surface area contributed by atoms with Gasteiger partial charge in [0.2, 0.25) is 17.7 Å². The number of hydrogen-bond donors (Lipinski definition) is 8. The Bertz CT molecular complexity index is 2090. The lowest BCUT2D eigenvalue weighted by atomic mass is 9.38. The van der Waals surface area contributed by atoms with Gasteiger partial charge in [-0.05, 0) is 112 Å². The minimum absolute atomic E-state index is 0.00534. The normalized spacial score (nSPS) is 37.3. The molecule has 17 heteroatoms. The molecule has 9 rings (SSSR count). The smallest absolute Gasteiger partial charge is 0.321 e. The number of carboxylic acid groups (broad SMARTS) is 1. The number of benzene rings is 1. The average molecular weight is 906 g/mol. The van der Waals surface area contributed by atoms with Crippen molar-refractivity contribution in [1.29, 1.82) is 0 Å². The van der Waals surface area contributed by atoms with E-state index in [0.29, 0.717) is 38.6 Å². The average Bonchev–Trinajstić information content (AvgIpc) is 3.74. The number of rotatable bonds is 19. The van der Waals surface area contributed by atoms with Crippen LogP contribution in [0.5, 0.6) is 0 Å². The highest BCUT2D eigenvalue weighted by Crippen LogP contribution is 2.71. The van der Waals surface area contributed by atoms with Crippen molar-refractivity contribution in [2.24, 2.45) is 45.5 Å². The highest BCUT2D eigenvalue weighted by molar-refractivity contribution is 8.00. The molecule has 0 spiro atoms. The van der Waals surface area contributed by atoms with Gasteiger partial charge in [0.05, 0.1) is 24.5 Å². The third kappa shape index (κ3) is 8.17. The zero-order valence-corrected chi connectivity index (χ0v) is 37.5. The number of aliphatic hydroxyl groups is 2. The number of thioether (sulfide) groups is 1. The topological polar surface area (TPSA) is 270 Å². The second-order valence-corrected chi connectivity index (χ2v) is 21.2. The van der Waals surface area contributed by atoms with Crippen LogP contribution in [0.1, 0.15) is 95.5 Å². The van der Waals surface area contributed by atoms with E-state index >= 15 is 0 Å². The van der Waals surface area contributed by atoms with E-state index in [1.165, 1.54) is 0 Å². The molecule has 7 fully saturated rings. The number of aliphatic carboxylic acids is 1. The van der Waals surface area contributed by atoms with Crippen LogP contribution < -0.4 is 27.4 Å². The van der Waals surface area contributed by atoms with Crippen LogP contribution in [0, 0.1) is 34.0 Å². The molecule has 1 saturated heterocycles. The van der Waals surface area contributed by atoms with Crippen molar-refractivity contribution in [1.82, 2.24) is 16.0 Å². The zero-order valence-electron chi connectivity index (χ0n) is 36.6. The van der Waals surface area contributed by atoms with E-state index in [4.69, 9.17) is 26.0 Å². The molecule has 10 N–H and O–H groups in total. The molecular weight excluding hydrogens is 843 g/mol. The first-order valence-electron chi connectivity index (χ1n) is 22.7. The first kappa shape index (κ1) is 46.6. The van der Waals surface area contributed by atoms with Crippen molar-refractivity contribution in [3.05, 3.63) is 59.2 Å². The molecule has 11 atom stereocenters. The fourth-order valence-corrected chi connectivity index (χ4v) is 14.1. The standard InChI is InChI=1S/C47H63N5O11S/c1-43-13-12-29(54)15-28(43)10-11-30-31-16-36-47(35(56)20-53,44(31,2)18-34(55)39(30)43)63-42(62-36)27-8-6-26(7-9-27)17-45-23-46(24-45,25-45)52-40(59)33(5-3-4-14-48)51-37(57)19-50-38(58)22-64-21-32(49)41(60)61/h6-9,12-13,15,30-34,36,39,42,53,55H,3-5,10-11,14,16-25,48-49H2,1-2H3,(H,50,58)(H,51,57)(H,52,59)(H,60,61)/t30-,31-,32-,33-,34-,36+,39+,42+,43-,44-,45?,46?,47+/m0/s1. The number of aliphatic hydroxyl groups excluding tert-OH is 2. The summed E-state index contributed by atoms with van der Waals surface area (Å²) in [5, 5.41) is 39.7. The Hall–Kier alpha value is -3.97. The molecule has 0 radical (unpaired) electrons. The molecule has 0 unspecified atom stereocenters. The fourth-order valence-electron chi connectivity index (χ4n) is 13.3. The van der Waals surface area contributed by atoms with Crippen LogP contribution in [-0.4, -0.2) is 117 Å². The number of carboxylic acids is 1. The molecule has 7 aliphatic carbocycles. The highest BCUT2D eigenvalue weighted by Gasteiger charge is 2.76. The number of nitrogens with one attached hydrogen (secondary N) is 3. The Morgan fingerprint density at radius 1 is 1.05 bits per heavy atom.